The van der Waals surface area contributed by atoms with E-state index < -0.39 is 25.5 Å². The van der Waals surface area contributed by atoms with E-state index in [4.69, 9.17) is 14.8 Å². The van der Waals surface area contributed by atoms with Gasteiger partial charge in [0.25, 0.3) is 5.91 Å². The molecule has 9 heteroatoms. The zero-order valence-corrected chi connectivity index (χ0v) is 20.0. The summed E-state index contributed by atoms with van der Waals surface area (Å²) < 4.78 is 24.3. The Morgan fingerprint density at radius 1 is 1.07 bits per heavy atom. The zero-order chi connectivity index (χ0) is 22.1. The number of hydrogen-bond donors (Lipinski definition) is 2. The standard InChI is InChI=1S/C21H26IN2O5P/c1-3-28-30(27,29-4-2)14-15-8-10-17(11-9-15)21(26)24-19(20(23)25)13-16-6-5-7-18(22)12-16/h5-12,19H,3-4,13-14H2,1-2H3,(H2,23,25)(H,24,26)/t19-/m1/s1. The molecular formula is C21H26IN2O5P. The third-order valence-electron chi connectivity index (χ3n) is 4.22. The van der Waals surface area contributed by atoms with Gasteiger partial charge in [-0.1, -0.05) is 24.3 Å². The van der Waals surface area contributed by atoms with Crippen LogP contribution in [0.3, 0.4) is 0 Å². The van der Waals surface area contributed by atoms with Gasteiger partial charge in [-0.25, -0.2) is 0 Å². The minimum absolute atomic E-state index is 0.118. The molecule has 2 amide bonds. The van der Waals surface area contributed by atoms with Crippen molar-refractivity contribution in [2.75, 3.05) is 13.2 Å². The molecule has 0 aromatic heterocycles. The highest BCUT2D eigenvalue weighted by atomic mass is 127. The molecule has 2 aromatic carbocycles. The molecule has 2 rings (SSSR count). The first-order chi connectivity index (χ1) is 14.3. The molecule has 0 spiro atoms. The van der Waals surface area contributed by atoms with E-state index in [-0.39, 0.29) is 19.4 Å². The topological polar surface area (TPSA) is 108 Å². The molecule has 3 N–H and O–H groups in total. The molecule has 0 radical (unpaired) electrons. The van der Waals surface area contributed by atoms with E-state index in [0.717, 1.165) is 14.7 Å². The number of primary amides is 1. The van der Waals surface area contributed by atoms with Crippen LogP contribution in [-0.4, -0.2) is 31.1 Å². The van der Waals surface area contributed by atoms with Crippen molar-refractivity contribution >= 4 is 42.0 Å². The number of carbonyl (C=O) groups excluding carboxylic acids is 2. The lowest BCUT2D eigenvalue weighted by molar-refractivity contribution is -0.119. The SMILES string of the molecule is CCOP(=O)(Cc1ccc(C(=O)N[C@H](Cc2cccc(I)c2)C(N)=O)cc1)OCC. The number of benzene rings is 2. The van der Waals surface area contributed by atoms with Crippen molar-refractivity contribution in [3.8, 4) is 0 Å². The van der Waals surface area contributed by atoms with Crippen LogP contribution in [0.25, 0.3) is 0 Å². The van der Waals surface area contributed by atoms with Crippen molar-refractivity contribution in [1.29, 1.82) is 0 Å². The summed E-state index contributed by atoms with van der Waals surface area (Å²) >= 11 is 2.19. The van der Waals surface area contributed by atoms with E-state index in [1.807, 2.05) is 24.3 Å². The van der Waals surface area contributed by atoms with Gasteiger partial charge in [0.1, 0.15) is 6.04 Å². The quantitative estimate of drug-likeness (QED) is 0.330. The van der Waals surface area contributed by atoms with Crippen molar-refractivity contribution in [2.24, 2.45) is 5.73 Å². The van der Waals surface area contributed by atoms with Gasteiger partial charge >= 0.3 is 7.60 Å². The molecule has 30 heavy (non-hydrogen) atoms. The zero-order valence-electron chi connectivity index (χ0n) is 17.0. The maximum absolute atomic E-state index is 12.6. The van der Waals surface area contributed by atoms with Crippen LogP contribution >= 0.6 is 30.2 Å². The molecule has 0 aliphatic carbocycles. The molecule has 0 aliphatic rings. The Morgan fingerprint density at radius 2 is 1.70 bits per heavy atom. The highest BCUT2D eigenvalue weighted by Crippen LogP contribution is 2.51. The second-order valence-corrected chi connectivity index (χ2v) is 9.86. The maximum atomic E-state index is 12.6. The molecule has 0 saturated heterocycles. The summed E-state index contributed by atoms with van der Waals surface area (Å²) in [4.78, 5) is 24.4. The van der Waals surface area contributed by atoms with E-state index in [9.17, 15) is 14.2 Å². The van der Waals surface area contributed by atoms with Crippen LogP contribution in [0.1, 0.15) is 35.3 Å². The monoisotopic (exact) mass is 544 g/mol. The minimum atomic E-state index is -3.22. The van der Waals surface area contributed by atoms with Gasteiger partial charge < -0.3 is 20.1 Å². The number of nitrogens with two attached hydrogens (primary N) is 1. The van der Waals surface area contributed by atoms with Crippen molar-refractivity contribution < 1.29 is 23.2 Å². The summed E-state index contributed by atoms with van der Waals surface area (Å²) in [7, 11) is -3.22. The average Bonchev–Trinajstić information content (AvgIpc) is 2.68. The number of carbonyl (C=O) groups is 2. The Kier molecular flexibility index (Phi) is 9.48. The number of rotatable bonds is 11. The molecular weight excluding hydrogens is 518 g/mol. The summed E-state index contributed by atoms with van der Waals surface area (Å²) in [6.07, 6.45) is 0.426. The van der Waals surface area contributed by atoms with Gasteiger partial charge in [0.2, 0.25) is 5.91 Å². The lowest BCUT2D eigenvalue weighted by Gasteiger charge is -2.17. The first-order valence-corrected chi connectivity index (χ1v) is 12.4. The van der Waals surface area contributed by atoms with Gasteiger partial charge in [0, 0.05) is 15.6 Å². The van der Waals surface area contributed by atoms with Crippen LogP contribution in [0.2, 0.25) is 0 Å². The van der Waals surface area contributed by atoms with E-state index in [0.29, 0.717) is 12.0 Å². The molecule has 0 heterocycles. The van der Waals surface area contributed by atoms with Crippen LogP contribution in [-0.2, 0) is 31.0 Å². The molecule has 0 fully saturated rings. The van der Waals surface area contributed by atoms with Crippen molar-refractivity contribution in [3.05, 3.63) is 68.8 Å². The lowest BCUT2D eigenvalue weighted by atomic mass is 10.0. The molecule has 0 saturated carbocycles. The molecule has 2 aromatic rings. The van der Waals surface area contributed by atoms with Crippen LogP contribution in [0, 0.1) is 3.57 Å². The van der Waals surface area contributed by atoms with E-state index >= 15 is 0 Å². The van der Waals surface area contributed by atoms with Gasteiger partial charge in [0.05, 0.1) is 19.4 Å². The summed E-state index contributed by atoms with van der Waals surface area (Å²) in [5.74, 6) is -1.01. The highest BCUT2D eigenvalue weighted by Gasteiger charge is 2.24. The van der Waals surface area contributed by atoms with Gasteiger partial charge in [-0.15, -0.1) is 0 Å². The fraction of sp³-hybridized carbons (Fsp3) is 0.333. The summed E-state index contributed by atoms with van der Waals surface area (Å²) in [5, 5.41) is 2.69. The molecule has 0 aliphatic heterocycles. The Hall–Kier alpha value is -1.74. The summed E-state index contributed by atoms with van der Waals surface area (Å²) in [6.45, 7) is 4.08. The van der Waals surface area contributed by atoms with E-state index in [1.54, 1.807) is 38.1 Å². The average molecular weight is 544 g/mol. The number of halogens is 1. The Morgan fingerprint density at radius 3 is 2.23 bits per heavy atom. The van der Waals surface area contributed by atoms with Gasteiger partial charge in [-0.05, 0) is 71.8 Å². The van der Waals surface area contributed by atoms with Crippen molar-refractivity contribution in [1.82, 2.24) is 5.32 Å². The lowest BCUT2D eigenvalue weighted by Crippen LogP contribution is -2.45. The third-order valence-corrected chi connectivity index (χ3v) is 6.95. The largest absolute Gasteiger partial charge is 0.368 e. The second-order valence-electron chi connectivity index (χ2n) is 6.56. The van der Waals surface area contributed by atoms with Gasteiger partial charge in [-0.3, -0.25) is 14.2 Å². The Bertz CT molecular complexity index is 910. The number of nitrogens with one attached hydrogen (secondary N) is 1. The van der Waals surface area contributed by atoms with Crippen LogP contribution < -0.4 is 11.1 Å². The van der Waals surface area contributed by atoms with Crippen LogP contribution in [0.15, 0.2) is 48.5 Å². The van der Waals surface area contributed by atoms with Crippen molar-refractivity contribution in [3.63, 3.8) is 0 Å². The van der Waals surface area contributed by atoms with Crippen LogP contribution in [0.5, 0.6) is 0 Å². The second kappa shape index (κ2) is 11.6. The smallest absolute Gasteiger partial charge is 0.335 e. The van der Waals surface area contributed by atoms with E-state index in [1.165, 1.54) is 0 Å². The summed E-state index contributed by atoms with van der Waals surface area (Å²) in [5.41, 5.74) is 7.49. The molecule has 1 atom stereocenters. The van der Waals surface area contributed by atoms with Gasteiger partial charge in [-0.2, -0.15) is 0 Å². The first-order valence-electron chi connectivity index (χ1n) is 9.58. The Balaban J connectivity index is 2.06. The Labute approximate surface area is 190 Å². The minimum Gasteiger partial charge on any atom is -0.368 e. The number of amides is 2. The predicted molar refractivity (Wildman–Crippen MR) is 124 cm³/mol. The normalized spacial score (nSPS) is 12.4. The fourth-order valence-electron chi connectivity index (χ4n) is 2.87. The highest BCUT2D eigenvalue weighted by molar-refractivity contribution is 14.1. The van der Waals surface area contributed by atoms with Crippen molar-refractivity contribution in [2.45, 2.75) is 32.5 Å². The van der Waals surface area contributed by atoms with Gasteiger partial charge in [0.15, 0.2) is 0 Å². The maximum Gasteiger partial charge on any atom is 0.335 e. The molecule has 0 unspecified atom stereocenters. The molecule has 7 nitrogen and oxygen atoms in total. The third kappa shape index (κ3) is 7.50. The first kappa shape index (κ1) is 24.5. The van der Waals surface area contributed by atoms with E-state index in [2.05, 4.69) is 27.9 Å². The molecule has 0 bridgehead atoms. The molecule has 162 valence electrons. The fourth-order valence-corrected chi connectivity index (χ4v) is 5.18. The van der Waals surface area contributed by atoms with Crippen LogP contribution in [0.4, 0.5) is 0 Å². The summed E-state index contributed by atoms with van der Waals surface area (Å²) in [6, 6.07) is 13.4. The number of hydrogen-bond acceptors (Lipinski definition) is 5. The predicted octanol–water partition coefficient (Wildman–Crippen LogP) is 3.88.